The van der Waals surface area contributed by atoms with Crippen LogP contribution in [-0.4, -0.2) is 29.9 Å². The molecule has 2 aromatic carbocycles. The SMILES string of the molecule is CC(C)(c1ccc(-c2cc(-c3ccccn3)nc(-c3ccccn3)c2)cc1)c1ccc(-c2cc(-c3ccccn3)nc(-c3ccccn3)c2)cc1. The number of rotatable bonds is 8. The minimum atomic E-state index is -0.232. The molecule has 0 radical (unpaired) electrons. The molecule has 0 aliphatic carbocycles. The molecule has 0 spiro atoms. The van der Waals surface area contributed by atoms with Gasteiger partial charge in [-0.2, -0.15) is 0 Å². The molecule has 0 fully saturated rings. The third-order valence-corrected chi connectivity index (χ3v) is 9.24. The molecule has 0 saturated carbocycles. The van der Waals surface area contributed by atoms with E-state index in [2.05, 4.69) is 107 Å². The Morgan fingerprint density at radius 1 is 0.314 bits per heavy atom. The summed E-state index contributed by atoms with van der Waals surface area (Å²) in [6.07, 6.45) is 7.18. The molecular formula is C45H34N6. The summed E-state index contributed by atoms with van der Waals surface area (Å²) < 4.78 is 0. The summed E-state index contributed by atoms with van der Waals surface area (Å²) in [7, 11) is 0. The Morgan fingerprint density at radius 3 is 0.863 bits per heavy atom. The van der Waals surface area contributed by atoms with Crippen LogP contribution in [0.2, 0.25) is 0 Å². The van der Waals surface area contributed by atoms with E-state index in [0.29, 0.717) is 0 Å². The Morgan fingerprint density at radius 2 is 0.608 bits per heavy atom. The molecule has 0 N–H and O–H groups in total. The van der Waals surface area contributed by atoms with Crippen molar-refractivity contribution in [3.05, 3.63) is 182 Å². The maximum Gasteiger partial charge on any atom is 0.0900 e. The molecular weight excluding hydrogens is 625 g/mol. The average molecular weight is 659 g/mol. The fourth-order valence-electron chi connectivity index (χ4n) is 6.30. The standard InChI is InChI=1S/C45H34N6/c1-45(2,35-19-15-31(16-20-35)33-27-41(37-11-3-7-23-46-37)50-42(28-33)38-12-4-8-24-47-38)36-21-17-32(18-22-36)34-29-43(39-13-5-9-25-48-39)51-44(30-34)40-14-6-10-26-49-40/h3-30H,1-2H3. The van der Waals surface area contributed by atoms with E-state index < -0.39 is 0 Å². The van der Waals surface area contributed by atoms with Crippen LogP contribution in [0.15, 0.2) is 170 Å². The smallest absolute Gasteiger partial charge is 0.0900 e. The molecule has 0 unspecified atom stereocenters. The van der Waals surface area contributed by atoms with Gasteiger partial charge in [0.2, 0.25) is 0 Å². The Kier molecular flexibility index (Phi) is 8.48. The Bertz CT molecular complexity index is 2110. The van der Waals surface area contributed by atoms with Gasteiger partial charge in [-0.15, -0.1) is 0 Å². The lowest BCUT2D eigenvalue weighted by Crippen LogP contribution is -2.18. The highest BCUT2D eigenvalue weighted by atomic mass is 14.8. The second kappa shape index (κ2) is 13.7. The van der Waals surface area contributed by atoms with Gasteiger partial charge in [0, 0.05) is 30.2 Å². The first-order chi connectivity index (χ1) is 25.0. The quantitative estimate of drug-likeness (QED) is 0.162. The van der Waals surface area contributed by atoms with Gasteiger partial charge >= 0.3 is 0 Å². The van der Waals surface area contributed by atoms with E-state index in [1.54, 1.807) is 24.8 Å². The number of benzene rings is 2. The molecule has 6 nitrogen and oxygen atoms in total. The molecule has 8 aromatic rings. The summed E-state index contributed by atoms with van der Waals surface area (Å²) in [6, 6.07) is 49.6. The normalized spacial score (nSPS) is 11.3. The average Bonchev–Trinajstić information content (AvgIpc) is 3.22. The number of hydrogen-bond donors (Lipinski definition) is 0. The number of nitrogens with zero attached hydrogens (tertiary/aromatic N) is 6. The van der Waals surface area contributed by atoms with Gasteiger partial charge in [-0.25, -0.2) is 9.97 Å². The highest BCUT2D eigenvalue weighted by molar-refractivity contribution is 5.76. The topological polar surface area (TPSA) is 77.3 Å². The van der Waals surface area contributed by atoms with E-state index in [4.69, 9.17) is 9.97 Å². The van der Waals surface area contributed by atoms with Crippen LogP contribution in [0.4, 0.5) is 0 Å². The minimum Gasteiger partial charge on any atom is -0.255 e. The van der Waals surface area contributed by atoms with Crippen LogP contribution in [0.3, 0.4) is 0 Å². The maximum atomic E-state index is 4.93. The van der Waals surface area contributed by atoms with Crippen molar-refractivity contribution in [2.45, 2.75) is 19.3 Å². The fraction of sp³-hybridized carbons (Fsp3) is 0.0667. The molecule has 0 atom stereocenters. The van der Waals surface area contributed by atoms with Gasteiger partial charge in [-0.1, -0.05) is 86.6 Å². The van der Waals surface area contributed by atoms with Gasteiger partial charge in [0.15, 0.2) is 0 Å². The van der Waals surface area contributed by atoms with Crippen LogP contribution in [0.5, 0.6) is 0 Å². The Balaban J connectivity index is 1.10. The summed E-state index contributed by atoms with van der Waals surface area (Å²) in [5.74, 6) is 0. The van der Waals surface area contributed by atoms with Crippen LogP contribution < -0.4 is 0 Å². The van der Waals surface area contributed by atoms with Crippen molar-refractivity contribution in [1.82, 2.24) is 29.9 Å². The highest BCUT2D eigenvalue weighted by Crippen LogP contribution is 2.36. The Hall–Kier alpha value is -6.66. The lowest BCUT2D eigenvalue weighted by molar-refractivity contribution is 0.641. The van der Waals surface area contributed by atoms with Crippen molar-refractivity contribution >= 4 is 0 Å². The van der Waals surface area contributed by atoms with Crippen LogP contribution in [0, 0.1) is 0 Å². The summed E-state index contributed by atoms with van der Waals surface area (Å²) in [6.45, 7) is 4.54. The van der Waals surface area contributed by atoms with Gasteiger partial charge < -0.3 is 0 Å². The van der Waals surface area contributed by atoms with E-state index in [0.717, 1.165) is 67.8 Å². The van der Waals surface area contributed by atoms with Gasteiger partial charge in [0.05, 0.1) is 45.6 Å². The zero-order valence-electron chi connectivity index (χ0n) is 28.3. The molecule has 0 amide bonds. The van der Waals surface area contributed by atoms with Crippen molar-refractivity contribution in [2.24, 2.45) is 0 Å². The first-order valence-corrected chi connectivity index (χ1v) is 16.9. The summed E-state index contributed by atoms with van der Waals surface area (Å²) in [4.78, 5) is 28.1. The van der Waals surface area contributed by atoms with E-state index >= 15 is 0 Å². The molecule has 6 heteroatoms. The summed E-state index contributed by atoms with van der Waals surface area (Å²) >= 11 is 0. The highest BCUT2D eigenvalue weighted by Gasteiger charge is 2.23. The third kappa shape index (κ3) is 6.67. The molecule has 0 bridgehead atoms. The molecule has 0 aliphatic heterocycles. The van der Waals surface area contributed by atoms with E-state index in [9.17, 15) is 0 Å². The second-order valence-corrected chi connectivity index (χ2v) is 12.9. The first-order valence-electron chi connectivity index (χ1n) is 16.9. The van der Waals surface area contributed by atoms with Crippen LogP contribution >= 0.6 is 0 Å². The predicted octanol–water partition coefficient (Wildman–Crippen LogP) is 10.4. The van der Waals surface area contributed by atoms with Crippen molar-refractivity contribution < 1.29 is 0 Å². The first kappa shape index (κ1) is 31.6. The lowest BCUT2D eigenvalue weighted by Gasteiger charge is -2.27. The maximum absolute atomic E-state index is 4.93. The van der Waals surface area contributed by atoms with Crippen LogP contribution in [-0.2, 0) is 5.41 Å². The Labute approximate surface area is 297 Å². The van der Waals surface area contributed by atoms with Crippen LogP contribution in [0.25, 0.3) is 67.8 Å². The van der Waals surface area contributed by atoms with Gasteiger partial charge in [0.1, 0.15) is 0 Å². The zero-order chi connectivity index (χ0) is 34.6. The van der Waals surface area contributed by atoms with E-state index in [1.165, 1.54) is 11.1 Å². The zero-order valence-corrected chi connectivity index (χ0v) is 28.3. The molecule has 6 aromatic heterocycles. The number of pyridine rings is 6. The minimum absolute atomic E-state index is 0.232. The van der Waals surface area contributed by atoms with Crippen molar-refractivity contribution in [3.63, 3.8) is 0 Å². The number of hydrogen-bond acceptors (Lipinski definition) is 6. The van der Waals surface area contributed by atoms with E-state index in [-0.39, 0.29) is 5.41 Å². The third-order valence-electron chi connectivity index (χ3n) is 9.24. The van der Waals surface area contributed by atoms with E-state index in [1.807, 2.05) is 72.8 Å². The van der Waals surface area contributed by atoms with Crippen molar-refractivity contribution in [1.29, 1.82) is 0 Å². The second-order valence-electron chi connectivity index (χ2n) is 12.9. The van der Waals surface area contributed by atoms with Crippen molar-refractivity contribution in [3.8, 4) is 67.8 Å². The van der Waals surface area contributed by atoms with Gasteiger partial charge in [-0.05, 0) is 106 Å². The predicted molar refractivity (Wildman–Crippen MR) is 204 cm³/mol. The van der Waals surface area contributed by atoms with Crippen LogP contribution in [0.1, 0.15) is 25.0 Å². The molecule has 8 rings (SSSR count). The summed E-state index contributed by atoms with van der Waals surface area (Å²) in [5.41, 5.74) is 13.1. The molecule has 51 heavy (non-hydrogen) atoms. The summed E-state index contributed by atoms with van der Waals surface area (Å²) in [5, 5.41) is 0. The monoisotopic (exact) mass is 658 g/mol. The van der Waals surface area contributed by atoms with Gasteiger partial charge in [0.25, 0.3) is 0 Å². The fourth-order valence-corrected chi connectivity index (χ4v) is 6.30. The molecule has 0 aliphatic rings. The molecule has 6 heterocycles. The molecule has 0 saturated heterocycles. The van der Waals surface area contributed by atoms with Crippen molar-refractivity contribution in [2.75, 3.05) is 0 Å². The largest absolute Gasteiger partial charge is 0.255 e. The van der Waals surface area contributed by atoms with Gasteiger partial charge in [-0.3, -0.25) is 19.9 Å². The molecule has 244 valence electrons. The lowest BCUT2D eigenvalue weighted by atomic mass is 9.77. The number of aromatic nitrogens is 6.